The molecule has 0 amide bonds. The molecule has 2 atom stereocenters. The molecule has 0 saturated carbocycles. The van der Waals surface area contributed by atoms with E-state index in [1.54, 1.807) is 11.4 Å². The Bertz CT molecular complexity index is 835. The van der Waals surface area contributed by atoms with Crippen LogP contribution in [0.15, 0.2) is 40.6 Å². The molecular formula is C20H32O4S2Si2. The minimum Gasteiger partial charge on any atom is -0.543 e. The summed E-state index contributed by atoms with van der Waals surface area (Å²) in [7, 11) is -3.80. The van der Waals surface area contributed by atoms with Crippen LogP contribution in [0.3, 0.4) is 0 Å². The molecule has 1 heterocycles. The highest BCUT2D eigenvalue weighted by Gasteiger charge is 2.39. The van der Waals surface area contributed by atoms with Gasteiger partial charge >= 0.3 is 0 Å². The molecule has 0 aliphatic heterocycles. The van der Waals surface area contributed by atoms with E-state index in [1.165, 1.54) is 11.3 Å². The summed E-state index contributed by atoms with van der Waals surface area (Å²) in [5, 5.41) is 1.84. The monoisotopic (exact) mass is 456 g/mol. The zero-order valence-corrected chi connectivity index (χ0v) is 21.7. The first-order chi connectivity index (χ1) is 12.7. The Balaban J connectivity index is 2.42. The number of hydrogen-bond donors (Lipinski definition) is 1. The number of rotatable bonds is 7. The van der Waals surface area contributed by atoms with Crippen molar-refractivity contribution in [3.63, 3.8) is 0 Å². The average molecular weight is 457 g/mol. The Kier molecular flexibility index (Phi) is 7.16. The fraction of sp³-hybridized carbons (Fsp3) is 0.500. The van der Waals surface area contributed by atoms with Crippen molar-refractivity contribution in [1.29, 1.82) is 0 Å². The van der Waals surface area contributed by atoms with Crippen molar-refractivity contribution in [2.24, 2.45) is 0 Å². The van der Waals surface area contributed by atoms with Gasteiger partial charge in [0, 0.05) is 10.3 Å². The maximum absolute atomic E-state index is 11.4. The standard InChI is InChI=1S/C20H32O4S2Si2/c1-20(2,3)28(7,8)23-16-11-9-10-15(12-16)19(24-27(4,5)6)18-13-17(14-25-18)26(21)22/h9-14,19H,1-8H3,(H,21,22). The smallest absolute Gasteiger partial charge is 0.250 e. The average Bonchev–Trinajstić information content (AvgIpc) is 3.00. The van der Waals surface area contributed by atoms with Crippen molar-refractivity contribution >= 4 is 39.1 Å². The molecule has 0 aliphatic carbocycles. The van der Waals surface area contributed by atoms with Crippen molar-refractivity contribution in [2.45, 2.75) is 69.5 Å². The maximum atomic E-state index is 11.4. The van der Waals surface area contributed by atoms with E-state index in [2.05, 4.69) is 59.6 Å². The van der Waals surface area contributed by atoms with E-state index in [-0.39, 0.29) is 11.1 Å². The third-order valence-corrected chi connectivity index (χ3v) is 11.9. The van der Waals surface area contributed by atoms with E-state index in [9.17, 15) is 8.76 Å². The van der Waals surface area contributed by atoms with Crippen LogP contribution in [-0.4, -0.2) is 25.4 Å². The van der Waals surface area contributed by atoms with E-state index < -0.39 is 27.7 Å². The largest absolute Gasteiger partial charge is 0.543 e. The Morgan fingerprint density at radius 3 is 2.25 bits per heavy atom. The van der Waals surface area contributed by atoms with Gasteiger partial charge in [-0.2, -0.15) is 0 Å². The van der Waals surface area contributed by atoms with Crippen LogP contribution in [0, 0.1) is 0 Å². The Morgan fingerprint density at radius 1 is 1.11 bits per heavy atom. The van der Waals surface area contributed by atoms with Gasteiger partial charge in [-0.1, -0.05) is 32.9 Å². The highest BCUT2D eigenvalue weighted by Crippen LogP contribution is 2.39. The van der Waals surface area contributed by atoms with Crippen molar-refractivity contribution in [3.8, 4) is 5.75 Å². The van der Waals surface area contributed by atoms with Crippen LogP contribution in [0.5, 0.6) is 5.75 Å². The second kappa shape index (κ2) is 8.53. The fourth-order valence-electron chi connectivity index (χ4n) is 2.40. The van der Waals surface area contributed by atoms with E-state index in [0.717, 1.165) is 16.2 Å². The van der Waals surface area contributed by atoms with E-state index in [4.69, 9.17) is 8.85 Å². The van der Waals surface area contributed by atoms with Crippen LogP contribution in [0.2, 0.25) is 37.8 Å². The first-order valence-electron chi connectivity index (χ1n) is 9.36. The lowest BCUT2D eigenvalue weighted by molar-refractivity contribution is 0.243. The van der Waals surface area contributed by atoms with Crippen LogP contribution >= 0.6 is 11.3 Å². The molecule has 2 aromatic rings. The summed E-state index contributed by atoms with van der Waals surface area (Å²) in [4.78, 5) is 1.35. The van der Waals surface area contributed by atoms with Gasteiger partial charge in [0.25, 0.3) is 0 Å². The van der Waals surface area contributed by atoms with Gasteiger partial charge in [0.05, 0.1) is 4.90 Å². The van der Waals surface area contributed by atoms with Gasteiger partial charge in [-0.15, -0.1) is 11.3 Å². The Labute approximate surface area is 177 Å². The zero-order valence-electron chi connectivity index (χ0n) is 18.0. The lowest BCUT2D eigenvalue weighted by atomic mass is 10.1. The van der Waals surface area contributed by atoms with Crippen molar-refractivity contribution in [1.82, 2.24) is 0 Å². The van der Waals surface area contributed by atoms with E-state index in [0.29, 0.717) is 4.90 Å². The lowest BCUT2D eigenvalue weighted by Gasteiger charge is -2.36. The number of benzene rings is 1. The maximum Gasteiger partial charge on any atom is 0.250 e. The highest BCUT2D eigenvalue weighted by molar-refractivity contribution is 7.79. The third-order valence-electron chi connectivity index (χ3n) is 4.87. The van der Waals surface area contributed by atoms with Gasteiger partial charge in [0.2, 0.25) is 8.32 Å². The predicted octanol–water partition coefficient (Wildman–Crippen LogP) is 6.65. The lowest BCUT2D eigenvalue weighted by Crippen LogP contribution is -2.43. The normalized spacial score (nSPS) is 15.3. The molecule has 0 fully saturated rings. The first-order valence-corrected chi connectivity index (χ1v) is 17.7. The van der Waals surface area contributed by atoms with Crippen LogP contribution in [-0.2, 0) is 15.5 Å². The van der Waals surface area contributed by atoms with Crippen LogP contribution < -0.4 is 4.43 Å². The predicted molar refractivity (Wildman–Crippen MR) is 124 cm³/mol. The Morgan fingerprint density at radius 2 is 1.75 bits per heavy atom. The molecule has 0 bridgehead atoms. The molecule has 0 aliphatic rings. The molecule has 0 saturated heterocycles. The summed E-state index contributed by atoms with van der Waals surface area (Å²) < 4.78 is 33.8. The molecule has 1 aromatic carbocycles. The molecule has 2 rings (SSSR count). The minimum absolute atomic E-state index is 0.116. The van der Waals surface area contributed by atoms with Gasteiger partial charge in [0.1, 0.15) is 11.9 Å². The summed E-state index contributed by atoms with van der Waals surface area (Å²) >= 11 is -0.528. The molecule has 28 heavy (non-hydrogen) atoms. The SMILES string of the molecule is CC(C)(C)[Si](C)(C)Oc1cccc(C(O[Si](C)(C)C)c2cc(S(=O)O)cs2)c1. The summed E-state index contributed by atoms with van der Waals surface area (Å²) in [5.74, 6) is 0.857. The summed E-state index contributed by atoms with van der Waals surface area (Å²) in [6.45, 7) is 17.6. The molecule has 8 heteroatoms. The van der Waals surface area contributed by atoms with Gasteiger partial charge in [-0.25, -0.2) is 4.21 Å². The number of thiophene rings is 1. The van der Waals surface area contributed by atoms with Crippen molar-refractivity contribution < 1.29 is 17.6 Å². The van der Waals surface area contributed by atoms with Crippen LogP contribution in [0.25, 0.3) is 0 Å². The molecule has 1 N–H and O–H groups in total. The number of hydrogen-bond acceptors (Lipinski definition) is 4. The molecule has 2 unspecified atom stereocenters. The Hall–Kier alpha value is -0.776. The van der Waals surface area contributed by atoms with Crippen molar-refractivity contribution in [3.05, 3.63) is 46.2 Å². The second-order valence-corrected chi connectivity index (χ2v) is 20.6. The van der Waals surface area contributed by atoms with Crippen LogP contribution in [0.1, 0.15) is 37.3 Å². The summed E-state index contributed by atoms with van der Waals surface area (Å²) in [6, 6.07) is 9.86. The third kappa shape index (κ3) is 6.11. The van der Waals surface area contributed by atoms with Crippen LogP contribution in [0.4, 0.5) is 0 Å². The second-order valence-electron chi connectivity index (χ2n) is 9.48. The minimum atomic E-state index is -1.98. The fourth-order valence-corrected chi connectivity index (χ4v) is 6.07. The zero-order chi connectivity index (χ0) is 21.3. The topological polar surface area (TPSA) is 55.8 Å². The van der Waals surface area contributed by atoms with E-state index in [1.807, 2.05) is 18.2 Å². The molecule has 0 radical (unpaired) electrons. The summed E-state index contributed by atoms with van der Waals surface area (Å²) in [6.07, 6.45) is -0.267. The molecular weight excluding hydrogens is 425 g/mol. The van der Waals surface area contributed by atoms with Gasteiger partial charge in [0.15, 0.2) is 19.4 Å². The molecule has 4 nitrogen and oxygen atoms in total. The van der Waals surface area contributed by atoms with E-state index >= 15 is 0 Å². The van der Waals surface area contributed by atoms with Crippen molar-refractivity contribution in [2.75, 3.05) is 0 Å². The van der Waals surface area contributed by atoms with Gasteiger partial charge in [-0.05, 0) is 61.5 Å². The van der Waals surface area contributed by atoms with Gasteiger partial charge in [-0.3, -0.25) is 0 Å². The molecule has 156 valence electrons. The van der Waals surface area contributed by atoms with Gasteiger partial charge < -0.3 is 13.4 Å². The highest BCUT2D eigenvalue weighted by atomic mass is 32.2. The molecule has 1 aromatic heterocycles. The quantitative estimate of drug-likeness (QED) is 0.374. The summed E-state index contributed by atoms with van der Waals surface area (Å²) in [5.41, 5.74) is 1.01. The first kappa shape index (κ1) is 23.5. The molecule has 0 spiro atoms.